The van der Waals surface area contributed by atoms with Crippen LogP contribution in [0.3, 0.4) is 0 Å². The zero-order chi connectivity index (χ0) is 11.6. The number of sulfonamides is 1. The first-order chi connectivity index (χ1) is 6.83. The number of nitrogens with two attached hydrogens (primary N) is 1. The largest absolute Gasteiger partial charge is 0.326 e. The van der Waals surface area contributed by atoms with E-state index in [4.69, 9.17) is 5.73 Å². The maximum absolute atomic E-state index is 13.4. The first kappa shape index (κ1) is 15.2. The fourth-order valence-corrected chi connectivity index (χ4v) is 1.88. The molecule has 0 aliphatic rings. The van der Waals surface area contributed by atoms with Crippen molar-refractivity contribution in [1.29, 1.82) is 0 Å². The zero-order valence-electron chi connectivity index (χ0n) is 8.95. The van der Waals surface area contributed by atoms with Gasteiger partial charge in [0.15, 0.2) is 0 Å². The van der Waals surface area contributed by atoms with Gasteiger partial charge >= 0.3 is 0 Å². The van der Waals surface area contributed by atoms with Gasteiger partial charge in [-0.25, -0.2) is 12.8 Å². The molecule has 0 aromatic heterocycles. The molecular formula is C9H14ClFN2O2S. The molecule has 0 saturated heterocycles. The Morgan fingerprint density at radius 3 is 2.38 bits per heavy atom. The normalized spacial score (nSPS) is 10.8. The summed E-state index contributed by atoms with van der Waals surface area (Å²) in [7, 11) is -3.46. The van der Waals surface area contributed by atoms with Crippen molar-refractivity contribution in [3.05, 3.63) is 29.1 Å². The molecule has 0 unspecified atom stereocenters. The third-order valence-corrected chi connectivity index (χ3v) is 2.45. The van der Waals surface area contributed by atoms with Crippen molar-refractivity contribution in [2.24, 2.45) is 5.73 Å². The molecule has 7 heteroatoms. The third-order valence-electron chi connectivity index (χ3n) is 1.87. The summed E-state index contributed by atoms with van der Waals surface area (Å²) in [6, 6.07) is 2.87. The van der Waals surface area contributed by atoms with Crippen LogP contribution in [0.4, 0.5) is 10.1 Å². The Morgan fingerprint density at radius 2 is 2.00 bits per heavy atom. The summed E-state index contributed by atoms with van der Waals surface area (Å²) >= 11 is 0. The molecule has 0 saturated carbocycles. The van der Waals surface area contributed by atoms with Gasteiger partial charge in [0.05, 0.1) is 11.9 Å². The first-order valence-electron chi connectivity index (χ1n) is 4.30. The highest BCUT2D eigenvalue weighted by Gasteiger charge is 2.11. The lowest BCUT2D eigenvalue weighted by Crippen LogP contribution is -2.12. The fourth-order valence-electron chi connectivity index (χ4n) is 1.25. The number of anilines is 1. The van der Waals surface area contributed by atoms with Gasteiger partial charge in [-0.1, -0.05) is 6.07 Å². The van der Waals surface area contributed by atoms with Crippen molar-refractivity contribution in [2.45, 2.75) is 13.5 Å². The molecule has 1 aromatic carbocycles. The van der Waals surface area contributed by atoms with E-state index in [1.165, 1.54) is 6.07 Å². The maximum atomic E-state index is 13.4. The Balaban J connectivity index is 0.00000225. The topological polar surface area (TPSA) is 72.2 Å². The minimum atomic E-state index is -3.46. The highest BCUT2D eigenvalue weighted by Crippen LogP contribution is 2.22. The number of hydrogen-bond acceptors (Lipinski definition) is 3. The Morgan fingerprint density at radius 1 is 1.44 bits per heavy atom. The van der Waals surface area contributed by atoms with Crippen molar-refractivity contribution in [3.8, 4) is 0 Å². The fraction of sp³-hybridized carbons (Fsp3) is 0.333. The average molecular weight is 269 g/mol. The van der Waals surface area contributed by atoms with Crippen LogP contribution < -0.4 is 10.5 Å². The van der Waals surface area contributed by atoms with Gasteiger partial charge in [-0.15, -0.1) is 12.4 Å². The van der Waals surface area contributed by atoms with Crippen LogP contribution in [0.5, 0.6) is 0 Å². The van der Waals surface area contributed by atoms with Gasteiger partial charge < -0.3 is 5.73 Å². The molecule has 0 bridgehead atoms. The van der Waals surface area contributed by atoms with E-state index < -0.39 is 15.8 Å². The first-order valence-corrected chi connectivity index (χ1v) is 6.19. The lowest BCUT2D eigenvalue weighted by Gasteiger charge is -2.10. The van der Waals surface area contributed by atoms with Crippen LogP contribution in [0.15, 0.2) is 12.1 Å². The van der Waals surface area contributed by atoms with Crippen molar-refractivity contribution in [1.82, 2.24) is 0 Å². The Bertz CT molecular complexity index is 453. The Hall–Kier alpha value is -0.850. The second-order valence-electron chi connectivity index (χ2n) is 3.35. The maximum Gasteiger partial charge on any atom is 0.229 e. The summed E-state index contributed by atoms with van der Waals surface area (Å²) in [4.78, 5) is 0. The number of hydrogen-bond donors (Lipinski definition) is 2. The lowest BCUT2D eigenvalue weighted by molar-refractivity contribution is 0.603. The molecule has 4 nitrogen and oxygen atoms in total. The van der Waals surface area contributed by atoms with Crippen LogP contribution in [-0.2, 0) is 16.6 Å². The van der Waals surface area contributed by atoms with E-state index in [0.29, 0.717) is 11.1 Å². The molecular weight excluding hydrogens is 255 g/mol. The molecule has 0 radical (unpaired) electrons. The van der Waals surface area contributed by atoms with E-state index in [1.54, 1.807) is 13.0 Å². The van der Waals surface area contributed by atoms with E-state index in [9.17, 15) is 12.8 Å². The summed E-state index contributed by atoms with van der Waals surface area (Å²) in [5, 5.41) is 0. The minimum absolute atomic E-state index is 0. The molecule has 92 valence electrons. The second-order valence-corrected chi connectivity index (χ2v) is 5.10. The van der Waals surface area contributed by atoms with Crippen LogP contribution in [0.25, 0.3) is 0 Å². The summed E-state index contributed by atoms with van der Waals surface area (Å²) < 4.78 is 37.5. The molecule has 0 aliphatic carbocycles. The Labute approximate surface area is 100 Å². The van der Waals surface area contributed by atoms with Crippen LogP contribution in [0, 0.1) is 12.7 Å². The van der Waals surface area contributed by atoms with Gasteiger partial charge in [-0.05, 0) is 24.1 Å². The van der Waals surface area contributed by atoms with E-state index in [-0.39, 0.29) is 24.6 Å². The van der Waals surface area contributed by atoms with E-state index >= 15 is 0 Å². The van der Waals surface area contributed by atoms with Crippen LogP contribution in [-0.4, -0.2) is 14.7 Å². The third kappa shape index (κ3) is 3.96. The molecule has 0 heterocycles. The van der Waals surface area contributed by atoms with Crippen LogP contribution in [0.1, 0.15) is 11.1 Å². The molecule has 16 heavy (non-hydrogen) atoms. The highest BCUT2D eigenvalue weighted by atomic mass is 35.5. The standard InChI is InChI=1S/C9H13FN2O2S.ClH/c1-6-3-7(5-11)4-8(10)9(6)12-15(2,13)14;/h3-4,12H,5,11H2,1-2H3;1H. The number of nitrogens with one attached hydrogen (secondary N) is 1. The van der Waals surface area contributed by atoms with E-state index in [1.807, 2.05) is 0 Å². The monoisotopic (exact) mass is 268 g/mol. The van der Waals surface area contributed by atoms with Gasteiger partial charge in [-0.3, -0.25) is 4.72 Å². The Kier molecular flexibility index (Phi) is 5.18. The molecule has 0 amide bonds. The number of rotatable bonds is 3. The number of aryl methyl sites for hydroxylation is 1. The van der Waals surface area contributed by atoms with E-state index in [0.717, 1.165) is 6.26 Å². The highest BCUT2D eigenvalue weighted by molar-refractivity contribution is 7.92. The minimum Gasteiger partial charge on any atom is -0.326 e. The van der Waals surface area contributed by atoms with Crippen molar-refractivity contribution in [3.63, 3.8) is 0 Å². The predicted molar refractivity (Wildman–Crippen MR) is 64.7 cm³/mol. The summed E-state index contributed by atoms with van der Waals surface area (Å²) in [6.07, 6.45) is 0.975. The van der Waals surface area contributed by atoms with Gasteiger partial charge in [0.25, 0.3) is 0 Å². The zero-order valence-corrected chi connectivity index (χ0v) is 10.6. The predicted octanol–water partition coefficient (Wildman–Crippen LogP) is 1.39. The molecule has 0 fully saturated rings. The quantitative estimate of drug-likeness (QED) is 0.870. The summed E-state index contributed by atoms with van der Waals surface area (Å²) in [5.41, 5.74) is 6.48. The molecule has 0 spiro atoms. The summed E-state index contributed by atoms with van der Waals surface area (Å²) in [6.45, 7) is 1.84. The van der Waals surface area contributed by atoms with Crippen molar-refractivity contribution in [2.75, 3.05) is 11.0 Å². The number of benzene rings is 1. The molecule has 1 rings (SSSR count). The van der Waals surface area contributed by atoms with Crippen LogP contribution in [0.2, 0.25) is 0 Å². The van der Waals surface area contributed by atoms with Crippen molar-refractivity contribution >= 4 is 28.1 Å². The molecule has 1 aromatic rings. The SMILES string of the molecule is Cc1cc(CN)cc(F)c1NS(C)(=O)=O.Cl. The van der Waals surface area contributed by atoms with E-state index in [2.05, 4.69) is 4.72 Å². The van der Waals surface area contributed by atoms with Gasteiger partial charge in [0, 0.05) is 6.54 Å². The number of halogens is 2. The van der Waals surface area contributed by atoms with Gasteiger partial charge in [0.1, 0.15) is 5.82 Å². The van der Waals surface area contributed by atoms with Gasteiger partial charge in [0.2, 0.25) is 10.0 Å². The van der Waals surface area contributed by atoms with Crippen molar-refractivity contribution < 1.29 is 12.8 Å². The van der Waals surface area contributed by atoms with Crippen LogP contribution >= 0.6 is 12.4 Å². The van der Waals surface area contributed by atoms with Gasteiger partial charge in [-0.2, -0.15) is 0 Å². The molecule has 3 N–H and O–H groups in total. The second kappa shape index (κ2) is 5.47. The molecule has 0 aliphatic heterocycles. The molecule has 0 atom stereocenters. The smallest absolute Gasteiger partial charge is 0.229 e. The lowest BCUT2D eigenvalue weighted by atomic mass is 10.1. The average Bonchev–Trinajstić information content (AvgIpc) is 2.09. The summed E-state index contributed by atoms with van der Waals surface area (Å²) in [5.74, 6) is -0.610.